The van der Waals surface area contributed by atoms with Crippen LogP contribution >= 0.6 is 0 Å². The van der Waals surface area contributed by atoms with E-state index in [1.807, 2.05) is 18.2 Å². The standard InChI is InChI=1S/C20H27NO4/c1-25-13-15(18(22)23)12-20(9-5-6-10-20)19(24)21-17-11-16(17)14-7-3-2-4-8-14/h2-4,7-8,15-17H,5-6,9-13H2,1H3,(H,21,24)(H,22,23). The van der Waals surface area contributed by atoms with E-state index in [0.29, 0.717) is 12.3 Å². The Morgan fingerprint density at radius 2 is 1.96 bits per heavy atom. The molecule has 2 aliphatic carbocycles. The van der Waals surface area contributed by atoms with Crippen molar-refractivity contribution in [3.8, 4) is 0 Å². The van der Waals surface area contributed by atoms with E-state index in [-0.39, 0.29) is 18.6 Å². The van der Waals surface area contributed by atoms with Crippen LogP contribution in [-0.4, -0.2) is 36.7 Å². The lowest BCUT2D eigenvalue weighted by Gasteiger charge is -2.30. The van der Waals surface area contributed by atoms with E-state index >= 15 is 0 Å². The number of ether oxygens (including phenoxy) is 1. The lowest BCUT2D eigenvalue weighted by Crippen LogP contribution is -2.43. The van der Waals surface area contributed by atoms with Gasteiger partial charge in [-0.3, -0.25) is 9.59 Å². The molecule has 136 valence electrons. The number of methoxy groups -OCH3 is 1. The van der Waals surface area contributed by atoms with Crippen LogP contribution in [0.2, 0.25) is 0 Å². The minimum atomic E-state index is -0.880. The first-order valence-corrected chi connectivity index (χ1v) is 9.13. The van der Waals surface area contributed by atoms with E-state index in [0.717, 1.165) is 32.1 Å². The molecule has 5 heteroatoms. The van der Waals surface area contributed by atoms with Gasteiger partial charge in [-0.25, -0.2) is 0 Å². The molecule has 2 aliphatic rings. The van der Waals surface area contributed by atoms with Crippen LogP contribution in [0.15, 0.2) is 30.3 Å². The van der Waals surface area contributed by atoms with Gasteiger partial charge >= 0.3 is 5.97 Å². The van der Waals surface area contributed by atoms with Crippen molar-refractivity contribution in [3.05, 3.63) is 35.9 Å². The number of hydrogen-bond donors (Lipinski definition) is 2. The molecule has 0 bridgehead atoms. The van der Waals surface area contributed by atoms with Gasteiger partial charge in [0.25, 0.3) is 0 Å². The van der Waals surface area contributed by atoms with Crippen LogP contribution in [0.25, 0.3) is 0 Å². The smallest absolute Gasteiger partial charge is 0.308 e. The largest absolute Gasteiger partial charge is 0.481 e. The summed E-state index contributed by atoms with van der Waals surface area (Å²) in [5.74, 6) is -1.08. The van der Waals surface area contributed by atoms with Crippen molar-refractivity contribution in [1.82, 2.24) is 5.32 Å². The zero-order chi connectivity index (χ0) is 17.9. The predicted octanol–water partition coefficient (Wildman–Crippen LogP) is 2.96. The Morgan fingerprint density at radius 3 is 2.56 bits per heavy atom. The van der Waals surface area contributed by atoms with E-state index < -0.39 is 17.3 Å². The minimum Gasteiger partial charge on any atom is -0.481 e. The summed E-state index contributed by atoms with van der Waals surface area (Å²) in [6, 6.07) is 10.4. The first-order chi connectivity index (χ1) is 12.1. The third-order valence-electron chi connectivity index (χ3n) is 5.73. The number of benzene rings is 1. The van der Waals surface area contributed by atoms with Crippen molar-refractivity contribution in [2.24, 2.45) is 11.3 Å². The van der Waals surface area contributed by atoms with Gasteiger partial charge in [-0.05, 0) is 31.2 Å². The minimum absolute atomic E-state index is 0.0378. The maximum atomic E-state index is 13.0. The molecule has 3 rings (SSSR count). The van der Waals surface area contributed by atoms with E-state index in [2.05, 4.69) is 17.4 Å². The molecule has 25 heavy (non-hydrogen) atoms. The second kappa shape index (κ2) is 7.56. The third-order valence-corrected chi connectivity index (χ3v) is 5.73. The molecule has 1 aromatic rings. The number of nitrogens with one attached hydrogen (secondary N) is 1. The van der Waals surface area contributed by atoms with Gasteiger partial charge in [-0.15, -0.1) is 0 Å². The summed E-state index contributed by atoms with van der Waals surface area (Å²) >= 11 is 0. The number of aliphatic carboxylic acids is 1. The predicted molar refractivity (Wildman–Crippen MR) is 94.3 cm³/mol. The van der Waals surface area contributed by atoms with Crippen LogP contribution in [0, 0.1) is 11.3 Å². The molecule has 0 spiro atoms. The highest BCUT2D eigenvalue weighted by Gasteiger charge is 2.47. The number of rotatable bonds is 8. The maximum Gasteiger partial charge on any atom is 0.308 e. The van der Waals surface area contributed by atoms with Crippen molar-refractivity contribution in [1.29, 1.82) is 0 Å². The molecular weight excluding hydrogens is 318 g/mol. The number of hydrogen-bond acceptors (Lipinski definition) is 3. The zero-order valence-corrected chi connectivity index (χ0v) is 14.7. The molecule has 2 N–H and O–H groups in total. The van der Waals surface area contributed by atoms with E-state index in [1.54, 1.807) is 0 Å². The van der Waals surface area contributed by atoms with Crippen molar-refractivity contribution in [2.75, 3.05) is 13.7 Å². The van der Waals surface area contributed by atoms with Crippen molar-refractivity contribution >= 4 is 11.9 Å². The average molecular weight is 345 g/mol. The van der Waals surface area contributed by atoms with Gasteiger partial charge in [0.2, 0.25) is 5.91 Å². The highest BCUT2D eigenvalue weighted by molar-refractivity contribution is 5.84. The van der Waals surface area contributed by atoms with E-state index in [1.165, 1.54) is 12.7 Å². The normalized spacial score (nSPS) is 25.3. The van der Waals surface area contributed by atoms with Gasteiger partial charge in [0, 0.05) is 19.1 Å². The fraction of sp³-hybridized carbons (Fsp3) is 0.600. The average Bonchev–Trinajstić information content (AvgIpc) is 3.20. The molecule has 1 aromatic carbocycles. The zero-order valence-electron chi connectivity index (χ0n) is 14.7. The van der Waals surface area contributed by atoms with E-state index in [4.69, 9.17) is 4.74 Å². The Morgan fingerprint density at radius 1 is 1.28 bits per heavy atom. The fourth-order valence-corrected chi connectivity index (χ4v) is 4.21. The van der Waals surface area contributed by atoms with Crippen LogP contribution in [0.3, 0.4) is 0 Å². The Bertz CT molecular complexity index is 609. The molecule has 0 radical (unpaired) electrons. The van der Waals surface area contributed by atoms with Crippen LogP contribution in [0.5, 0.6) is 0 Å². The molecule has 0 heterocycles. The summed E-state index contributed by atoms with van der Waals surface area (Å²) < 4.78 is 5.06. The number of amides is 1. The second-order valence-corrected chi connectivity index (χ2v) is 7.51. The molecule has 2 fully saturated rings. The number of carboxylic acid groups (broad SMARTS) is 1. The van der Waals surface area contributed by atoms with Crippen LogP contribution in [0.1, 0.15) is 50.0 Å². The van der Waals surface area contributed by atoms with Crippen LogP contribution in [-0.2, 0) is 14.3 Å². The van der Waals surface area contributed by atoms with Crippen LogP contribution < -0.4 is 5.32 Å². The Labute approximate surface area is 148 Å². The van der Waals surface area contributed by atoms with Crippen LogP contribution in [0.4, 0.5) is 0 Å². The van der Waals surface area contributed by atoms with Crippen molar-refractivity contribution in [2.45, 2.75) is 50.5 Å². The number of carbonyl (C=O) groups is 2. The Kier molecular flexibility index (Phi) is 5.42. The molecule has 3 unspecified atom stereocenters. The quantitative estimate of drug-likeness (QED) is 0.759. The molecule has 0 aliphatic heterocycles. The maximum absolute atomic E-state index is 13.0. The van der Waals surface area contributed by atoms with Gasteiger partial charge in [0.15, 0.2) is 0 Å². The molecule has 1 amide bonds. The Balaban J connectivity index is 1.64. The molecule has 5 nitrogen and oxygen atoms in total. The molecule has 2 saturated carbocycles. The van der Waals surface area contributed by atoms with Gasteiger partial charge in [0.05, 0.1) is 17.9 Å². The SMILES string of the molecule is COCC(CC1(C(=O)NC2CC2c2ccccc2)CCCC1)C(=O)O. The molecule has 3 atom stereocenters. The van der Waals surface area contributed by atoms with Gasteiger partial charge < -0.3 is 15.2 Å². The van der Waals surface area contributed by atoms with E-state index in [9.17, 15) is 14.7 Å². The van der Waals surface area contributed by atoms with Crippen molar-refractivity contribution < 1.29 is 19.4 Å². The summed E-state index contributed by atoms with van der Waals surface area (Å²) in [6.45, 7) is 0.153. The van der Waals surface area contributed by atoms with Gasteiger partial charge in [-0.2, -0.15) is 0 Å². The number of carboxylic acids is 1. The first kappa shape index (κ1) is 17.9. The molecular formula is C20H27NO4. The van der Waals surface area contributed by atoms with Gasteiger partial charge in [0.1, 0.15) is 0 Å². The van der Waals surface area contributed by atoms with Gasteiger partial charge in [-0.1, -0.05) is 43.2 Å². The summed E-state index contributed by atoms with van der Waals surface area (Å²) in [4.78, 5) is 24.5. The first-order valence-electron chi connectivity index (χ1n) is 9.13. The summed E-state index contributed by atoms with van der Waals surface area (Å²) in [6.07, 6.45) is 4.85. The number of carbonyl (C=O) groups excluding carboxylic acids is 1. The van der Waals surface area contributed by atoms with Crippen molar-refractivity contribution in [3.63, 3.8) is 0 Å². The fourth-order valence-electron chi connectivity index (χ4n) is 4.21. The highest BCUT2D eigenvalue weighted by atomic mass is 16.5. The lowest BCUT2D eigenvalue weighted by molar-refractivity contribution is -0.146. The third kappa shape index (κ3) is 4.03. The summed E-state index contributed by atoms with van der Waals surface area (Å²) in [5, 5.41) is 12.6. The summed E-state index contributed by atoms with van der Waals surface area (Å²) in [5.41, 5.74) is 0.710. The molecule has 0 saturated heterocycles. The Hall–Kier alpha value is -1.88. The topological polar surface area (TPSA) is 75.6 Å². The highest BCUT2D eigenvalue weighted by Crippen LogP contribution is 2.46. The molecule has 0 aromatic heterocycles. The second-order valence-electron chi connectivity index (χ2n) is 7.51. The monoisotopic (exact) mass is 345 g/mol. The summed E-state index contributed by atoms with van der Waals surface area (Å²) in [7, 11) is 1.51. The lowest BCUT2D eigenvalue weighted by atomic mass is 9.77.